The highest BCUT2D eigenvalue weighted by molar-refractivity contribution is 5.73. The fourth-order valence-electron chi connectivity index (χ4n) is 3.54. The Morgan fingerprint density at radius 2 is 2.18 bits per heavy atom. The smallest absolute Gasteiger partial charge is 0.218 e. The summed E-state index contributed by atoms with van der Waals surface area (Å²) in [7, 11) is 0. The zero-order chi connectivity index (χ0) is 12.3. The molecule has 2 saturated carbocycles. The van der Waals surface area contributed by atoms with Crippen LogP contribution in [0.3, 0.4) is 0 Å². The molecule has 0 aromatic carbocycles. The van der Waals surface area contributed by atoms with Crippen LogP contribution in [0.2, 0.25) is 0 Å². The zero-order valence-electron chi connectivity index (χ0n) is 10.7. The van der Waals surface area contributed by atoms with E-state index in [9.17, 15) is 4.79 Å². The van der Waals surface area contributed by atoms with Gasteiger partial charge >= 0.3 is 0 Å². The van der Waals surface area contributed by atoms with E-state index < -0.39 is 0 Å². The van der Waals surface area contributed by atoms with Gasteiger partial charge in [-0.25, -0.2) is 0 Å². The molecular weight excluding hydrogens is 216 g/mol. The molecule has 2 unspecified atom stereocenters. The maximum absolute atomic E-state index is 10.7. The third-order valence-corrected chi connectivity index (χ3v) is 4.45. The minimum absolute atomic E-state index is 0.223. The topological polar surface area (TPSA) is 64.3 Å². The minimum atomic E-state index is -0.223. The normalized spacial score (nSPS) is 30.4. The number of hydrogen-bond acceptors (Lipinski definition) is 3. The molecule has 2 aliphatic carbocycles. The van der Waals surface area contributed by atoms with Gasteiger partial charge in [-0.05, 0) is 26.2 Å². The molecule has 17 heavy (non-hydrogen) atoms. The molecule has 0 aromatic rings. The summed E-state index contributed by atoms with van der Waals surface area (Å²) in [6.07, 6.45) is 7.13. The first-order valence-corrected chi connectivity index (χ1v) is 6.82. The van der Waals surface area contributed by atoms with Gasteiger partial charge in [0.25, 0.3) is 0 Å². The Morgan fingerprint density at radius 1 is 1.47 bits per heavy atom. The summed E-state index contributed by atoms with van der Waals surface area (Å²) in [6, 6.07) is 0.529. The maximum Gasteiger partial charge on any atom is 0.218 e. The van der Waals surface area contributed by atoms with Gasteiger partial charge in [-0.1, -0.05) is 12.8 Å². The standard InChI is InChI=1S/C13H24N2O2/c1-2-17-11-9-10(15-8-5-12(14)16)13(11)6-3-4-7-13/h10-11,15H,2-9H2,1H3,(H2,14,16). The van der Waals surface area contributed by atoms with Crippen LogP contribution in [0.25, 0.3) is 0 Å². The molecule has 2 rings (SSSR count). The number of rotatable bonds is 6. The van der Waals surface area contributed by atoms with Crippen molar-refractivity contribution in [2.24, 2.45) is 11.1 Å². The summed E-state index contributed by atoms with van der Waals surface area (Å²) < 4.78 is 5.84. The molecule has 0 radical (unpaired) electrons. The average molecular weight is 240 g/mol. The van der Waals surface area contributed by atoms with E-state index in [0.717, 1.165) is 13.0 Å². The number of carbonyl (C=O) groups is 1. The lowest BCUT2D eigenvalue weighted by atomic mass is 9.60. The number of hydrogen-bond donors (Lipinski definition) is 2. The predicted octanol–water partition coefficient (Wildman–Crippen LogP) is 1.19. The summed E-state index contributed by atoms with van der Waals surface area (Å²) in [5.41, 5.74) is 5.51. The molecular formula is C13H24N2O2. The average Bonchev–Trinajstić information content (AvgIpc) is 2.78. The molecule has 98 valence electrons. The number of nitrogens with two attached hydrogens (primary N) is 1. The van der Waals surface area contributed by atoms with Gasteiger partial charge in [-0.15, -0.1) is 0 Å². The lowest BCUT2D eigenvalue weighted by molar-refractivity contribution is -0.131. The first-order valence-electron chi connectivity index (χ1n) is 6.82. The van der Waals surface area contributed by atoms with Crippen LogP contribution in [0.15, 0.2) is 0 Å². The van der Waals surface area contributed by atoms with Crippen LogP contribution in [0.5, 0.6) is 0 Å². The summed E-state index contributed by atoms with van der Waals surface area (Å²) in [4.78, 5) is 10.7. The zero-order valence-corrected chi connectivity index (χ0v) is 10.7. The second-order valence-corrected chi connectivity index (χ2v) is 5.34. The molecule has 3 N–H and O–H groups in total. The van der Waals surface area contributed by atoms with Crippen LogP contribution in [0.1, 0.15) is 45.4 Å². The van der Waals surface area contributed by atoms with E-state index >= 15 is 0 Å². The molecule has 2 fully saturated rings. The number of primary amides is 1. The number of ether oxygens (including phenoxy) is 1. The fourth-order valence-corrected chi connectivity index (χ4v) is 3.54. The molecule has 2 aliphatic rings. The molecule has 0 aliphatic heterocycles. The van der Waals surface area contributed by atoms with Gasteiger partial charge in [0.1, 0.15) is 0 Å². The van der Waals surface area contributed by atoms with Crippen molar-refractivity contribution in [3.63, 3.8) is 0 Å². The largest absolute Gasteiger partial charge is 0.378 e. The number of carbonyl (C=O) groups excluding carboxylic acids is 1. The van der Waals surface area contributed by atoms with E-state index in [0.29, 0.717) is 30.5 Å². The predicted molar refractivity (Wildman–Crippen MR) is 66.5 cm³/mol. The highest BCUT2D eigenvalue weighted by Crippen LogP contribution is 2.54. The van der Waals surface area contributed by atoms with Gasteiger partial charge in [0.2, 0.25) is 5.91 Å². The second kappa shape index (κ2) is 5.36. The molecule has 0 heterocycles. The van der Waals surface area contributed by atoms with Crippen molar-refractivity contribution in [2.45, 2.75) is 57.6 Å². The van der Waals surface area contributed by atoms with Crippen LogP contribution < -0.4 is 11.1 Å². The van der Waals surface area contributed by atoms with Crippen molar-refractivity contribution in [2.75, 3.05) is 13.2 Å². The summed E-state index contributed by atoms with van der Waals surface area (Å²) in [5.74, 6) is -0.223. The van der Waals surface area contributed by atoms with Gasteiger partial charge in [0, 0.05) is 31.0 Å². The van der Waals surface area contributed by atoms with Gasteiger partial charge in [-0.2, -0.15) is 0 Å². The molecule has 2 atom stereocenters. The van der Waals surface area contributed by atoms with Crippen molar-refractivity contribution in [3.8, 4) is 0 Å². The monoisotopic (exact) mass is 240 g/mol. The molecule has 0 saturated heterocycles. The van der Waals surface area contributed by atoms with Crippen molar-refractivity contribution in [1.29, 1.82) is 0 Å². The van der Waals surface area contributed by atoms with Crippen molar-refractivity contribution < 1.29 is 9.53 Å². The first kappa shape index (κ1) is 12.8. The molecule has 4 heteroatoms. The van der Waals surface area contributed by atoms with E-state index in [1.54, 1.807) is 0 Å². The number of amides is 1. The second-order valence-electron chi connectivity index (χ2n) is 5.34. The maximum atomic E-state index is 10.7. The third kappa shape index (κ3) is 2.47. The molecule has 1 amide bonds. The fraction of sp³-hybridized carbons (Fsp3) is 0.923. The van der Waals surface area contributed by atoms with Crippen LogP contribution in [-0.2, 0) is 9.53 Å². The molecule has 0 aromatic heterocycles. The Balaban J connectivity index is 1.84. The summed E-state index contributed by atoms with van der Waals surface area (Å²) >= 11 is 0. The van der Waals surface area contributed by atoms with E-state index in [-0.39, 0.29) is 5.91 Å². The minimum Gasteiger partial charge on any atom is -0.378 e. The Labute approximate surface area is 103 Å². The van der Waals surface area contributed by atoms with Gasteiger partial charge in [0.05, 0.1) is 6.10 Å². The lowest BCUT2D eigenvalue weighted by Crippen LogP contribution is -2.62. The lowest BCUT2D eigenvalue weighted by Gasteiger charge is -2.54. The summed E-state index contributed by atoms with van der Waals surface area (Å²) in [6.45, 7) is 3.58. The molecule has 0 bridgehead atoms. The quantitative estimate of drug-likeness (QED) is 0.733. The highest BCUT2D eigenvalue weighted by atomic mass is 16.5. The Morgan fingerprint density at radius 3 is 2.76 bits per heavy atom. The SMILES string of the molecule is CCOC1CC(NCCC(N)=O)C12CCCC2. The van der Waals surface area contributed by atoms with Gasteiger partial charge in [0.15, 0.2) is 0 Å². The van der Waals surface area contributed by atoms with E-state index in [4.69, 9.17) is 10.5 Å². The number of nitrogens with one attached hydrogen (secondary N) is 1. The summed E-state index contributed by atoms with van der Waals surface area (Å²) in [5, 5.41) is 3.49. The van der Waals surface area contributed by atoms with Crippen LogP contribution >= 0.6 is 0 Å². The third-order valence-electron chi connectivity index (χ3n) is 4.45. The van der Waals surface area contributed by atoms with Crippen molar-refractivity contribution >= 4 is 5.91 Å². The Hall–Kier alpha value is -0.610. The van der Waals surface area contributed by atoms with Crippen LogP contribution in [0, 0.1) is 5.41 Å². The Kier molecular flexibility index (Phi) is 4.05. The first-order chi connectivity index (χ1) is 8.19. The van der Waals surface area contributed by atoms with E-state index in [2.05, 4.69) is 12.2 Å². The van der Waals surface area contributed by atoms with Crippen molar-refractivity contribution in [3.05, 3.63) is 0 Å². The van der Waals surface area contributed by atoms with Crippen molar-refractivity contribution in [1.82, 2.24) is 5.32 Å². The Bertz CT molecular complexity index is 275. The van der Waals surface area contributed by atoms with Crippen LogP contribution in [-0.4, -0.2) is 31.2 Å². The van der Waals surface area contributed by atoms with Gasteiger partial charge in [-0.3, -0.25) is 4.79 Å². The van der Waals surface area contributed by atoms with Crippen LogP contribution in [0.4, 0.5) is 0 Å². The highest BCUT2D eigenvalue weighted by Gasteiger charge is 2.56. The molecule has 1 spiro atoms. The molecule has 4 nitrogen and oxygen atoms in total. The van der Waals surface area contributed by atoms with E-state index in [1.165, 1.54) is 25.7 Å². The van der Waals surface area contributed by atoms with E-state index in [1.807, 2.05) is 0 Å². The van der Waals surface area contributed by atoms with Gasteiger partial charge < -0.3 is 15.8 Å².